The zero-order valence-corrected chi connectivity index (χ0v) is 13.9. The smallest absolute Gasteiger partial charge is 0.154 e. The number of hydrogen-bond acceptors (Lipinski definition) is 3. The van der Waals surface area contributed by atoms with Crippen molar-refractivity contribution in [1.29, 1.82) is 0 Å². The summed E-state index contributed by atoms with van der Waals surface area (Å²) in [6, 6.07) is 8.69. The quantitative estimate of drug-likeness (QED) is 0.856. The molecular formula is C18H21ClN4. The van der Waals surface area contributed by atoms with Crippen LogP contribution >= 0.6 is 11.6 Å². The number of halogens is 1. The van der Waals surface area contributed by atoms with E-state index in [0.717, 1.165) is 40.9 Å². The minimum absolute atomic E-state index is 0.563. The van der Waals surface area contributed by atoms with Gasteiger partial charge in [-0.05, 0) is 50.2 Å². The van der Waals surface area contributed by atoms with Gasteiger partial charge in [-0.1, -0.05) is 23.7 Å². The molecule has 1 aromatic carbocycles. The Bertz CT molecular complexity index is 736. The molecule has 2 atom stereocenters. The van der Waals surface area contributed by atoms with Gasteiger partial charge in [0.2, 0.25) is 0 Å². The van der Waals surface area contributed by atoms with Crippen LogP contribution in [-0.4, -0.2) is 32.3 Å². The number of aromatic nitrogens is 3. The topological polar surface area (TPSA) is 34.0 Å². The molecule has 2 saturated carbocycles. The van der Waals surface area contributed by atoms with Crippen LogP contribution < -0.4 is 0 Å². The Morgan fingerprint density at radius 2 is 2.00 bits per heavy atom. The lowest BCUT2D eigenvalue weighted by molar-refractivity contribution is 0.199. The minimum Gasteiger partial charge on any atom is -0.293 e. The highest BCUT2D eigenvalue weighted by molar-refractivity contribution is 6.32. The third kappa shape index (κ3) is 2.48. The first-order chi connectivity index (χ1) is 11.3. The van der Waals surface area contributed by atoms with Crippen LogP contribution in [0.3, 0.4) is 0 Å². The number of hydrogen-bond donors (Lipinski definition) is 0. The summed E-state index contributed by atoms with van der Waals surface area (Å²) in [5.74, 6) is 3.52. The summed E-state index contributed by atoms with van der Waals surface area (Å²) < 4.78 is 1.99. The fourth-order valence-electron chi connectivity index (χ4n) is 4.20. The van der Waals surface area contributed by atoms with Crippen molar-refractivity contribution in [3.8, 4) is 5.69 Å². The second-order valence-electron chi connectivity index (χ2n) is 7.29. The Labute approximate surface area is 141 Å². The summed E-state index contributed by atoms with van der Waals surface area (Å²) in [5, 5.41) is 5.54. The lowest BCUT2D eigenvalue weighted by Gasteiger charge is -2.26. The van der Waals surface area contributed by atoms with Gasteiger partial charge in [-0.25, -0.2) is 9.67 Å². The molecule has 0 unspecified atom stereocenters. The maximum absolute atomic E-state index is 6.41. The average molecular weight is 329 g/mol. The number of piperidine rings is 1. The zero-order valence-electron chi connectivity index (χ0n) is 13.2. The Morgan fingerprint density at radius 1 is 1.13 bits per heavy atom. The monoisotopic (exact) mass is 328 g/mol. The van der Waals surface area contributed by atoms with Gasteiger partial charge in [0, 0.05) is 18.5 Å². The van der Waals surface area contributed by atoms with E-state index in [0.29, 0.717) is 5.92 Å². The Kier molecular flexibility index (Phi) is 3.24. The summed E-state index contributed by atoms with van der Waals surface area (Å²) >= 11 is 6.41. The van der Waals surface area contributed by atoms with Crippen LogP contribution in [0.4, 0.5) is 0 Å². The van der Waals surface area contributed by atoms with Gasteiger partial charge in [0.25, 0.3) is 0 Å². The normalized spacial score (nSPS) is 27.0. The number of benzene rings is 1. The predicted octanol–water partition coefficient (Wildman–Crippen LogP) is 3.78. The molecule has 0 amide bonds. The summed E-state index contributed by atoms with van der Waals surface area (Å²) in [7, 11) is 0. The van der Waals surface area contributed by atoms with Crippen LogP contribution in [0.15, 0.2) is 24.3 Å². The molecule has 0 radical (unpaired) electrons. The second-order valence-corrected chi connectivity index (χ2v) is 7.69. The van der Waals surface area contributed by atoms with Crippen LogP contribution in [0.5, 0.6) is 0 Å². The fraction of sp³-hybridized carbons (Fsp3) is 0.556. The van der Waals surface area contributed by atoms with Gasteiger partial charge < -0.3 is 0 Å². The summed E-state index contributed by atoms with van der Waals surface area (Å²) in [4.78, 5) is 7.49. The van der Waals surface area contributed by atoms with E-state index in [1.165, 1.54) is 38.6 Å². The highest BCUT2D eigenvalue weighted by atomic mass is 35.5. The van der Waals surface area contributed by atoms with Crippen LogP contribution in [0.2, 0.25) is 5.02 Å². The fourth-order valence-corrected chi connectivity index (χ4v) is 4.41. The first-order valence-corrected chi connectivity index (χ1v) is 9.10. The first-order valence-electron chi connectivity index (χ1n) is 8.72. The van der Waals surface area contributed by atoms with Crippen LogP contribution in [0.25, 0.3) is 5.69 Å². The highest BCUT2D eigenvalue weighted by Gasteiger charge is 2.38. The van der Waals surface area contributed by atoms with E-state index in [1.54, 1.807) is 0 Å². The van der Waals surface area contributed by atoms with E-state index in [9.17, 15) is 0 Å². The maximum atomic E-state index is 6.41. The van der Waals surface area contributed by atoms with Gasteiger partial charge in [-0.15, -0.1) is 0 Å². The standard InChI is InChI=1S/C18H21ClN4/c19-15-3-1-2-4-16(15)23-17(20-18(21-23)13-6-7-13)11-22-10-12-5-8-14(22)9-12/h1-4,12-14H,5-11H2/t12-,14+/m0/s1. The molecule has 2 heterocycles. The number of para-hydroxylation sites is 1. The molecule has 2 aliphatic carbocycles. The van der Waals surface area contributed by atoms with E-state index >= 15 is 0 Å². The molecule has 0 N–H and O–H groups in total. The Hall–Kier alpha value is -1.39. The number of likely N-dealkylation sites (tertiary alicyclic amines) is 1. The third-order valence-corrected chi connectivity index (χ3v) is 5.90. The molecule has 4 nitrogen and oxygen atoms in total. The van der Waals surface area contributed by atoms with Crippen LogP contribution in [-0.2, 0) is 6.54 Å². The van der Waals surface area contributed by atoms with Gasteiger partial charge >= 0.3 is 0 Å². The molecule has 3 aliphatic rings. The highest BCUT2D eigenvalue weighted by Crippen LogP contribution is 2.40. The van der Waals surface area contributed by atoms with E-state index in [1.807, 2.05) is 28.9 Å². The molecule has 0 spiro atoms. The molecule has 23 heavy (non-hydrogen) atoms. The molecule has 2 bridgehead atoms. The van der Waals surface area contributed by atoms with Gasteiger partial charge in [-0.3, -0.25) is 4.90 Å². The number of rotatable bonds is 4. The van der Waals surface area contributed by atoms with Crippen molar-refractivity contribution in [3.05, 3.63) is 40.9 Å². The van der Waals surface area contributed by atoms with E-state index in [4.69, 9.17) is 21.7 Å². The first kappa shape index (κ1) is 14.0. The van der Waals surface area contributed by atoms with Crippen molar-refractivity contribution < 1.29 is 0 Å². The molecule has 1 aliphatic heterocycles. The molecule has 120 valence electrons. The summed E-state index contributed by atoms with van der Waals surface area (Å²) in [6.07, 6.45) is 6.57. The second kappa shape index (κ2) is 5.32. The van der Waals surface area contributed by atoms with Crippen molar-refractivity contribution in [2.75, 3.05) is 6.54 Å². The maximum Gasteiger partial charge on any atom is 0.154 e. The molecule has 5 rings (SSSR count). The predicted molar refractivity (Wildman–Crippen MR) is 89.9 cm³/mol. The molecule has 1 saturated heterocycles. The molecule has 1 aromatic heterocycles. The molecular weight excluding hydrogens is 308 g/mol. The van der Waals surface area contributed by atoms with Crippen molar-refractivity contribution >= 4 is 11.6 Å². The summed E-state index contributed by atoms with van der Waals surface area (Å²) in [6.45, 7) is 2.12. The number of nitrogens with zero attached hydrogens (tertiary/aromatic N) is 4. The van der Waals surface area contributed by atoms with Gasteiger partial charge in [0.15, 0.2) is 5.82 Å². The van der Waals surface area contributed by atoms with Crippen molar-refractivity contribution in [2.24, 2.45) is 5.92 Å². The zero-order chi connectivity index (χ0) is 15.4. The molecule has 3 fully saturated rings. The Morgan fingerprint density at radius 3 is 2.70 bits per heavy atom. The lowest BCUT2D eigenvalue weighted by atomic mass is 10.1. The average Bonchev–Trinajstić information content (AvgIpc) is 3.00. The Balaban J connectivity index is 1.50. The summed E-state index contributed by atoms with van der Waals surface area (Å²) in [5.41, 5.74) is 0.952. The SMILES string of the molecule is Clc1ccccc1-n1nc(C2CC2)nc1CN1C[C@H]2CC[C@@H]1C2. The number of fused-ring (bicyclic) bond motifs is 2. The van der Waals surface area contributed by atoms with Gasteiger partial charge in [0.05, 0.1) is 17.3 Å². The van der Waals surface area contributed by atoms with Crippen LogP contribution in [0.1, 0.15) is 49.7 Å². The van der Waals surface area contributed by atoms with Crippen molar-refractivity contribution in [2.45, 2.75) is 50.6 Å². The third-order valence-electron chi connectivity index (χ3n) is 5.58. The lowest BCUT2D eigenvalue weighted by Crippen LogP contribution is -2.32. The van der Waals surface area contributed by atoms with E-state index in [-0.39, 0.29) is 0 Å². The minimum atomic E-state index is 0.563. The van der Waals surface area contributed by atoms with Gasteiger partial charge in [0.1, 0.15) is 5.82 Å². The van der Waals surface area contributed by atoms with Crippen LogP contribution in [0, 0.1) is 5.92 Å². The molecule has 2 aromatic rings. The van der Waals surface area contributed by atoms with E-state index in [2.05, 4.69) is 4.90 Å². The molecule has 5 heteroatoms. The largest absolute Gasteiger partial charge is 0.293 e. The van der Waals surface area contributed by atoms with Crippen molar-refractivity contribution in [3.63, 3.8) is 0 Å². The van der Waals surface area contributed by atoms with Crippen molar-refractivity contribution in [1.82, 2.24) is 19.7 Å². The van der Waals surface area contributed by atoms with E-state index < -0.39 is 0 Å². The van der Waals surface area contributed by atoms with Gasteiger partial charge in [-0.2, -0.15) is 5.10 Å².